The van der Waals surface area contributed by atoms with E-state index in [1.165, 1.54) is 12.8 Å². The van der Waals surface area contributed by atoms with Gasteiger partial charge in [-0.15, -0.1) is 0 Å². The van der Waals surface area contributed by atoms with E-state index in [0.29, 0.717) is 18.4 Å². The van der Waals surface area contributed by atoms with Gasteiger partial charge in [-0.3, -0.25) is 4.79 Å². The summed E-state index contributed by atoms with van der Waals surface area (Å²) in [4.78, 5) is 11.6. The molecule has 3 nitrogen and oxygen atoms in total. The Hall–Kier alpha value is -0.570. The van der Waals surface area contributed by atoms with Crippen molar-refractivity contribution in [2.24, 2.45) is 23.5 Å². The topological polar surface area (TPSA) is 55.1 Å². The van der Waals surface area contributed by atoms with Crippen LogP contribution in [-0.2, 0) is 4.79 Å². The van der Waals surface area contributed by atoms with Gasteiger partial charge in [0.25, 0.3) is 0 Å². The van der Waals surface area contributed by atoms with E-state index in [4.69, 9.17) is 5.73 Å². The van der Waals surface area contributed by atoms with Gasteiger partial charge in [0, 0.05) is 18.5 Å². The fourth-order valence-electron chi connectivity index (χ4n) is 1.85. The average molecular weight is 182 g/mol. The molecule has 0 aromatic rings. The van der Waals surface area contributed by atoms with Gasteiger partial charge in [0.05, 0.1) is 0 Å². The summed E-state index contributed by atoms with van der Waals surface area (Å²) in [6.07, 6.45) is 3.54. The second-order valence-corrected chi connectivity index (χ2v) is 4.51. The lowest BCUT2D eigenvalue weighted by molar-refractivity contribution is -0.123. The third-order valence-corrected chi connectivity index (χ3v) is 3.22. The number of nitrogens with one attached hydrogen (secondary N) is 1. The first-order valence-electron chi connectivity index (χ1n) is 5.22. The van der Waals surface area contributed by atoms with Gasteiger partial charge in [-0.25, -0.2) is 0 Å². The van der Waals surface area contributed by atoms with Gasteiger partial charge in [-0.1, -0.05) is 6.92 Å². The van der Waals surface area contributed by atoms with Crippen molar-refractivity contribution in [1.29, 1.82) is 0 Å². The maximum atomic E-state index is 11.6. The van der Waals surface area contributed by atoms with Crippen LogP contribution in [0, 0.1) is 17.8 Å². The summed E-state index contributed by atoms with van der Waals surface area (Å²) in [6.45, 7) is 2.72. The molecule has 0 aliphatic heterocycles. The number of rotatable bonds is 4. The van der Waals surface area contributed by atoms with Crippen molar-refractivity contribution in [3.8, 4) is 0 Å². The third kappa shape index (κ3) is 2.02. The number of hydrogen-bond acceptors (Lipinski definition) is 2. The highest BCUT2D eigenvalue weighted by atomic mass is 16.2. The molecule has 0 heterocycles. The molecule has 0 bridgehead atoms. The molecule has 0 aromatic carbocycles. The molecule has 0 radical (unpaired) electrons. The predicted octanol–water partition coefficient (Wildman–Crippen LogP) is 0.496. The number of amides is 1. The van der Waals surface area contributed by atoms with Crippen LogP contribution in [0.25, 0.3) is 0 Å². The third-order valence-electron chi connectivity index (χ3n) is 3.22. The first-order valence-corrected chi connectivity index (χ1v) is 5.22. The standard InChI is InChI=1S/C10H18N2O/c1-6-4-8(6)10(13)12-9(5-11)7-2-3-7/h6-9H,2-5,11H2,1H3,(H,12,13). The van der Waals surface area contributed by atoms with E-state index in [2.05, 4.69) is 12.2 Å². The van der Waals surface area contributed by atoms with Crippen LogP contribution in [0.15, 0.2) is 0 Å². The molecular formula is C10H18N2O. The van der Waals surface area contributed by atoms with Crippen molar-refractivity contribution >= 4 is 5.91 Å². The van der Waals surface area contributed by atoms with E-state index in [9.17, 15) is 4.79 Å². The van der Waals surface area contributed by atoms with Gasteiger partial charge in [0.2, 0.25) is 5.91 Å². The molecule has 2 aliphatic carbocycles. The van der Waals surface area contributed by atoms with E-state index < -0.39 is 0 Å². The Morgan fingerprint density at radius 2 is 2.23 bits per heavy atom. The Morgan fingerprint density at radius 3 is 2.62 bits per heavy atom. The van der Waals surface area contributed by atoms with Crippen LogP contribution in [0.1, 0.15) is 26.2 Å². The molecule has 0 saturated heterocycles. The van der Waals surface area contributed by atoms with Crippen molar-refractivity contribution < 1.29 is 4.79 Å². The minimum absolute atomic E-state index is 0.231. The maximum absolute atomic E-state index is 11.6. The van der Waals surface area contributed by atoms with Crippen molar-refractivity contribution in [1.82, 2.24) is 5.32 Å². The number of carbonyl (C=O) groups is 1. The summed E-state index contributed by atoms with van der Waals surface area (Å²) in [5.74, 6) is 1.78. The zero-order valence-electron chi connectivity index (χ0n) is 8.12. The molecule has 2 saturated carbocycles. The molecule has 2 fully saturated rings. The molecule has 0 aromatic heterocycles. The average Bonchev–Trinajstić information content (AvgIpc) is 2.93. The molecule has 1 amide bonds. The first-order chi connectivity index (χ1) is 6.22. The molecule has 0 spiro atoms. The smallest absolute Gasteiger partial charge is 0.223 e. The minimum atomic E-state index is 0.231. The zero-order valence-corrected chi connectivity index (χ0v) is 8.12. The van der Waals surface area contributed by atoms with Crippen LogP contribution in [0.4, 0.5) is 0 Å². The van der Waals surface area contributed by atoms with Crippen molar-refractivity contribution in [3.63, 3.8) is 0 Å². The van der Waals surface area contributed by atoms with Crippen LogP contribution >= 0.6 is 0 Å². The fraction of sp³-hybridized carbons (Fsp3) is 0.900. The summed E-state index contributed by atoms with van der Waals surface area (Å²) in [6, 6.07) is 0.250. The van der Waals surface area contributed by atoms with Crippen molar-refractivity contribution in [2.75, 3.05) is 6.54 Å². The molecule has 2 rings (SSSR count). The van der Waals surface area contributed by atoms with E-state index in [-0.39, 0.29) is 17.9 Å². The molecule has 3 unspecified atom stereocenters. The van der Waals surface area contributed by atoms with Crippen molar-refractivity contribution in [3.05, 3.63) is 0 Å². The summed E-state index contributed by atoms with van der Waals surface area (Å²) in [5, 5.41) is 3.06. The fourth-order valence-corrected chi connectivity index (χ4v) is 1.85. The van der Waals surface area contributed by atoms with Gasteiger partial charge in [0.15, 0.2) is 0 Å². The Morgan fingerprint density at radius 1 is 1.62 bits per heavy atom. The highest BCUT2D eigenvalue weighted by molar-refractivity contribution is 5.81. The lowest BCUT2D eigenvalue weighted by Gasteiger charge is -2.15. The van der Waals surface area contributed by atoms with Gasteiger partial charge < -0.3 is 11.1 Å². The summed E-state index contributed by atoms with van der Waals surface area (Å²) in [5.41, 5.74) is 5.60. The van der Waals surface area contributed by atoms with Crippen molar-refractivity contribution in [2.45, 2.75) is 32.2 Å². The lowest BCUT2D eigenvalue weighted by atomic mass is 10.2. The number of nitrogens with two attached hydrogens (primary N) is 1. The largest absolute Gasteiger partial charge is 0.352 e. The molecule has 74 valence electrons. The highest BCUT2D eigenvalue weighted by Gasteiger charge is 2.41. The van der Waals surface area contributed by atoms with E-state index in [1.807, 2.05) is 0 Å². The van der Waals surface area contributed by atoms with Gasteiger partial charge in [-0.2, -0.15) is 0 Å². The quantitative estimate of drug-likeness (QED) is 0.665. The first kappa shape index (κ1) is 9.00. The van der Waals surface area contributed by atoms with Crippen LogP contribution in [-0.4, -0.2) is 18.5 Å². The monoisotopic (exact) mass is 182 g/mol. The SMILES string of the molecule is CC1CC1C(=O)NC(CN)C1CC1. The van der Waals surface area contributed by atoms with E-state index in [0.717, 1.165) is 6.42 Å². The lowest BCUT2D eigenvalue weighted by Crippen LogP contribution is -2.42. The summed E-state index contributed by atoms with van der Waals surface area (Å²) < 4.78 is 0. The van der Waals surface area contributed by atoms with Crippen LogP contribution in [0.2, 0.25) is 0 Å². The highest BCUT2D eigenvalue weighted by Crippen LogP contribution is 2.38. The minimum Gasteiger partial charge on any atom is -0.352 e. The normalized spacial score (nSPS) is 34.0. The molecule has 3 atom stereocenters. The van der Waals surface area contributed by atoms with Crippen LogP contribution in [0.5, 0.6) is 0 Å². The molecule has 2 aliphatic rings. The van der Waals surface area contributed by atoms with Crippen LogP contribution < -0.4 is 11.1 Å². The summed E-state index contributed by atoms with van der Waals surface area (Å²) in [7, 11) is 0. The molecule has 3 N–H and O–H groups in total. The molecular weight excluding hydrogens is 164 g/mol. The van der Waals surface area contributed by atoms with Gasteiger partial charge in [0.1, 0.15) is 0 Å². The number of hydrogen-bond donors (Lipinski definition) is 2. The maximum Gasteiger partial charge on any atom is 0.223 e. The van der Waals surface area contributed by atoms with Gasteiger partial charge in [-0.05, 0) is 31.1 Å². The van der Waals surface area contributed by atoms with E-state index in [1.54, 1.807) is 0 Å². The summed E-state index contributed by atoms with van der Waals surface area (Å²) >= 11 is 0. The van der Waals surface area contributed by atoms with Gasteiger partial charge >= 0.3 is 0 Å². The second-order valence-electron chi connectivity index (χ2n) is 4.51. The zero-order chi connectivity index (χ0) is 9.42. The molecule has 13 heavy (non-hydrogen) atoms. The van der Waals surface area contributed by atoms with Crippen LogP contribution in [0.3, 0.4) is 0 Å². The number of carbonyl (C=O) groups excluding carboxylic acids is 1. The molecule has 3 heteroatoms. The Bertz CT molecular complexity index is 213. The second kappa shape index (κ2) is 3.29. The van der Waals surface area contributed by atoms with E-state index >= 15 is 0 Å². The Balaban J connectivity index is 1.78. The Kier molecular flexibility index (Phi) is 2.28. The predicted molar refractivity (Wildman–Crippen MR) is 51.0 cm³/mol. The Labute approximate surface area is 79.1 Å².